The van der Waals surface area contributed by atoms with Crippen LogP contribution in [0.15, 0.2) is 28.9 Å². The van der Waals surface area contributed by atoms with Crippen molar-refractivity contribution < 1.29 is 14.0 Å². The number of rotatable bonds is 7. The van der Waals surface area contributed by atoms with Crippen molar-refractivity contribution in [2.75, 3.05) is 25.3 Å². The van der Waals surface area contributed by atoms with Crippen molar-refractivity contribution in [2.45, 2.75) is 20.0 Å². The third kappa shape index (κ3) is 3.88. The predicted octanol–water partition coefficient (Wildman–Crippen LogP) is 1.78. The summed E-state index contributed by atoms with van der Waals surface area (Å²) in [4.78, 5) is 17.4. The lowest BCUT2D eigenvalue weighted by Crippen LogP contribution is -2.10. The number of nitrogen functional groups attached to an aromatic ring is 1. The largest absolute Gasteiger partial charge is 0.481 e. The lowest BCUT2D eigenvalue weighted by atomic mass is 10.3. The first-order valence-corrected chi connectivity index (χ1v) is 8.80. The van der Waals surface area contributed by atoms with Crippen molar-refractivity contribution in [3.8, 4) is 11.8 Å². The number of fused-ring (bicyclic) bond motifs is 1. The molecule has 3 N–H and O–H groups in total. The fourth-order valence-corrected chi connectivity index (χ4v) is 2.94. The van der Waals surface area contributed by atoms with Crippen molar-refractivity contribution in [3.05, 3.63) is 41.7 Å². The van der Waals surface area contributed by atoms with E-state index in [4.69, 9.17) is 19.7 Å². The van der Waals surface area contributed by atoms with Gasteiger partial charge in [-0.1, -0.05) is 5.16 Å². The molecule has 4 heterocycles. The zero-order chi connectivity index (χ0) is 20.4. The Balaban J connectivity index is 1.68. The molecule has 0 aliphatic heterocycles. The van der Waals surface area contributed by atoms with E-state index < -0.39 is 0 Å². The molecule has 0 radical (unpaired) electrons. The molecule has 11 nitrogen and oxygen atoms in total. The molecule has 0 aromatic carbocycles. The topological polar surface area (TPSA) is 139 Å². The first-order chi connectivity index (χ1) is 14.1. The molecule has 0 saturated heterocycles. The van der Waals surface area contributed by atoms with Crippen LogP contribution in [0.3, 0.4) is 0 Å². The minimum atomic E-state index is 0.174. The van der Waals surface area contributed by atoms with Gasteiger partial charge in [-0.15, -0.1) is 0 Å². The van der Waals surface area contributed by atoms with Gasteiger partial charge in [0.2, 0.25) is 17.7 Å². The first-order valence-electron chi connectivity index (χ1n) is 8.80. The van der Waals surface area contributed by atoms with Crippen molar-refractivity contribution >= 4 is 22.8 Å². The van der Waals surface area contributed by atoms with Crippen molar-refractivity contribution in [3.63, 3.8) is 0 Å². The number of aryl methyl sites for hydroxylation is 1. The van der Waals surface area contributed by atoms with Gasteiger partial charge < -0.3 is 29.6 Å². The van der Waals surface area contributed by atoms with Gasteiger partial charge >= 0.3 is 0 Å². The Morgan fingerprint density at radius 3 is 2.52 bits per heavy atom. The second-order valence-electron chi connectivity index (χ2n) is 6.26. The van der Waals surface area contributed by atoms with Gasteiger partial charge in [0, 0.05) is 12.3 Å². The standard InChI is InChI=1S/C18H20N8O3/c1-10-6-11(25-29-10)8-20-17-16-12(21-18(19)24-17)4-5-26(16)9-13-22-14(27-2)7-15(23-13)28-3/h4-7H,8-9H2,1-3H3,(H3,19,20,21,24). The fraction of sp³-hybridized carbons (Fsp3) is 0.278. The first kappa shape index (κ1) is 18.5. The van der Waals surface area contributed by atoms with E-state index in [-0.39, 0.29) is 5.95 Å². The molecule has 150 valence electrons. The van der Waals surface area contributed by atoms with Gasteiger partial charge in [0.05, 0.1) is 38.9 Å². The zero-order valence-corrected chi connectivity index (χ0v) is 16.2. The molecule has 0 fully saturated rings. The monoisotopic (exact) mass is 396 g/mol. The summed E-state index contributed by atoms with van der Waals surface area (Å²) in [6.45, 7) is 2.63. The molecule has 4 aromatic rings. The number of aromatic nitrogens is 6. The van der Waals surface area contributed by atoms with Gasteiger partial charge in [-0.25, -0.2) is 4.98 Å². The van der Waals surface area contributed by atoms with E-state index in [0.29, 0.717) is 42.0 Å². The van der Waals surface area contributed by atoms with Crippen LogP contribution in [0.5, 0.6) is 11.8 Å². The van der Waals surface area contributed by atoms with E-state index >= 15 is 0 Å². The number of ether oxygens (including phenoxy) is 2. The lowest BCUT2D eigenvalue weighted by molar-refractivity contribution is 0.367. The summed E-state index contributed by atoms with van der Waals surface area (Å²) in [5.74, 6) is 2.85. The number of hydrogen-bond donors (Lipinski definition) is 2. The molecular weight excluding hydrogens is 376 g/mol. The quantitative estimate of drug-likeness (QED) is 0.475. The molecule has 4 rings (SSSR count). The molecular formula is C18H20N8O3. The minimum Gasteiger partial charge on any atom is -0.481 e. The number of methoxy groups -OCH3 is 2. The van der Waals surface area contributed by atoms with Crippen LogP contribution in [0.4, 0.5) is 11.8 Å². The summed E-state index contributed by atoms with van der Waals surface area (Å²) < 4.78 is 17.5. The average Bonchev–Trinajstić information content (AvgIpc) is 3.31. The van der Waals surface area contributed by atoms with Crippen LogP contribution >= 0.6 is 0 Å². The Labute approximate surface area is 165 Å². The number of nitrogens with zero attached hydrogens (tertiary/aromatic N) is 6. The Bertz CT molecular complexity index is 1130. The highest BCUT2D eigenvalue weighted by molar-refractivity contribution is 5.87. The second-order valence-corrected chi connectivity index (χ2v) is 6.26. The molecule has 0 bridgehead atoms. The normalized spacial score (nSPS) is 11.0. The molecule has 29 heavy (non-hydrogen) atoms. The Kier molecular flexibility index (Phi) is 4.85. The van der Waals surface area contributed by atoms with Crippen LogP contribution in [0.2, 0.25) is 0 Å². The highest BCUT2D eigenvalue weighted by Crippen LogP contribution is 2.24. The van der Waals surface area contributed by atoms with Crippen LogP contribution in [-0.2, 0) is 13.1 Å². The molecule has 0 spiro atoms. The van der Waals surface area contributed by atoms with Gasteiger partial charge in [0.1, 0.15) is 17.0 Å². The van der Waals surface area contributed by atoms with Crippen LogP contribution in [0.1, 0.15) is 17.3 Å². The maximum Gasteiger partial charge on any atom is 0.222 e. The van der Waals surface area contributed by atoms with Crippen molar-refractivity contribution in [1.82, 2.24) is 29.7 Å². The van der Waals surface area contributed by atoms with E-state index in [1.54, 1.807) is 20.3 Å². The number of nitrogens with one attached hydrogen (secondary N) is 1. The maximum absolute atomic E-state index is 5.87. The molecule has 0 atom stereocenters. The zero-order valence-electron chi connectivity index (χ0n) is 16.2. The SMILES string of the molecule is COc1cc(OC)nc(Cn2ccc3nc(N)nc(NCc4cc(C)on4)c32)n1. The molecule has 0 aliphatic carbocycles. The summed E-state index contributed by atoms with van der Waals surface area (Å²) >= 11 is 0. The lowest BCUT2D eigenvalue weighted by Gasteiger charge is -2.11. The van der Waals surface area contributed by atoms with Gasteiger partial charge in [-0.2, -0.15) is 15.0 Å². The fourth-order valence-electron chi connectivity index (χ4n) is 2.94. The number of hydrogen-bond acceptors (Lipinski definition) is 10. The van der Waals surface area contributed by atoms with E-state index in [1.807, 2.05) is 29.8 Å². The molecule has 4 aromatic heterocycles. The summed E-state index contributed by atoms with van der Waals surface area (Å²) in [6.07, 6.45) is 1.87. The predicted molar refractivity (Wildman–Crippen MR) is 105 cm³/mol. The number of anilines is 2. The van der Waals surface area contributed by atoms with Crippen molar-refractivity contribution in [1.29, 1.82) is 0 Å². The van der Waals surface area contributed by atoms with Gasteiger partial charge in [0.15, 0.2) is 11.6 Å². The second kappa shape index (κ2) is 7.62. The van der Waals surface area contributed by atoms with E-state index in [1.165, 1.54) is 0 Å². The van der Waals surface area contributed by atoms with Crippen LogP contribution in [0, 0.1) is 6.92 Å². The molecule has 11 heteroatoms. The molecule has 0 unspecified atom stereocenters. The van der Waals surface area contributed by atoms with Crippen molar-refractivity contribution in [2.24, 2.45) is 0 Å². The molecule has 0 amide bonds. The van der Waals surface area contributed by atoms with Crippen LogP contribution < -0.4 is 20.5 Å². The van der Waals surface area contributed by atoms with Gasteiger partial charge in [0.25, 0.3) is 0 Å². The highest BCUT2D eigenvalue weighted by atomic mass is 16.5. The summed E-state index contributed by atoms with van der Waals surface area (Å²) in [5, 5.41) is 7.23. The highest BCUT2D eigenvalue weighted by Gasteiger charge is 2.14. The summed E-state index contributed by atoms with van der Waals surface area (Å²) in [6, 6.07) is 5.33. The minimum absolute atomic E-state index is 0.174. The molecule has 0 saturated carbocycles. The Morgan fingerprint density at radius 1 is 1.10 bits per heavy atom. The summed E-state index contributed by atoms with van der Waals surface area (Å²) in [7, 11) is 3.09. The van der Waals surface area contributed by atoms with E-state index in [0.717, 1.165) is 17.0 Å². The maximum atomic E-state index is 5.87. The average molecular weight is 396 g/mol. The summed E-state index contributed by atoms with van der Waals surface area (Å²) in [5.41, 5.74) is 8.10. The third-order valence-corrected chi connectivity index (χ3v) is 4.20. The number of nitrogens with two attached hydrogens (primary N) is 1. The third-order valence-electron chi connectivity index (χ3n) is 4.20. The van der Waals surface area contributed by atoms with Crippen LogP contribution in [0.25, 0.3) is 11.0 Å². The molecule has 0 aliphatic rings. The van der Waals surface area contributed by atoms with Crippen LogP contribution in [-0.4, -0.2) is 43.9 Å². The van der Waals surface area contributed by atoms with E-state index in [2.05, 4.69) is 30.4 Å². The Morgan fingerprint density at radius 2 is 1.86 bits per heavy atom. The smallest absolute Gasteiger partial charge is 0.222 e. The van der Waals surface area contributed by atoms with E-state index in [9.17, 15) is 0 Å². The van der Waals surface area contributed by atoms with Gasteiger partial charge in [-0.3, -0.25) is 0 Å². The van der Waals surface area contributed by atoms with Gasteiger partial charge in [-0.05, 0) is 13.0 Å². The Hall–Kier alpha value is -3.89.